The van der Waals surface area contributed by atoms with Crippen LogP contribution in [0.15, 0.2) is 34.9 Å². The second-order valence-electron chi connectivity index (χ2n) is 5.19. The van der Waals surface area contributed by atoms with Gasteiger partial charge in [0.25, 0.3) is 5.91 Å². The first-order chi connectivity index (χ1) is 10.1. The number of anilines is 2. The molecule has 1 amide bonds. The largest absolute Gasteiger partial charge is 0.399 e. The molecule has 110 valence electrons. The van der Waals surface area contributed by atoms with E-state index in [-0.39, 0.29) is 5.91 Å². The molecule has 21 heavy (non-hydrogen) atoms. The number of benzene rings is 1. The zero-order chi connectivity index (χ0) is 14.8. The molecule has 3 rings (SSSR count). The van der Waals surface area contributed by atoms with Crippen molar-refractivity contribution in [3.05, 3.63) is 41.8 Å². The van der Waals surface area contributed by atoms with Crippen LogP contribution < -0.4 is 10.6 Å². The summed E-state index contributed by atoms with van der Waals surface area (Å²) in [5, 5.41) is 3.78. The molecule has 1 fully saturated rings. The van der Waals surface area contributed by atoms with Gasteiger partial charge in [0.15, 0.2) is 5.69 Å². The first-order valence-corrected chi connectivity index (χ1v) is 6.96. The number of piperazine rings is 1. The zero-order valence-corrected chi connectivity index (χ0v) is 12.0. The molecule has 0 atom stereocenters. The van der Waals surface area contributed by atoms with Crippen molar-refractivity contribution in [1.29, 1.82) is 0 Å². The lowest BCUT2D eigenvalue weighted by atomic mass is 10.2. The van der Waals surface area contributed by atoms with E-state index in [0.29, 0.717) is 24.5 Å². The van der Waals surface area contributed by atoms with Crippen LogP contribution in [0.1, 0.15) is 16.2 Å². The summed E-state index contributed by atoms with van der Waals surface area (Å²) in [6, 6.07) is 9.48. The summed E-state index contributed by atoms with van der Waals surface area (Å²) in [5.74, 6) is 0.586. The minimum Gasteiger partial charge on any atom is -0.399 e. The van der Waals surface area contributed by atoms with Crippen molar-refractivity contribution in [2.45, 2.75) is 6.92 Å². The van der Waals surface area contributed by atoms with Crippen LogP contribution in [0, 0.1) is 6.92 Å². The highest BCUT2D eigenvalue weighted by Gasteiger charge is 2.24. The van der Waals surface area contributed by atoms with Gasteiger partial charge in [-0.25, -0.2) is 0 Å². The summed E-state index contributed by atoms with van der Waals surface area (Å²) in [6.07, 6.45) is 0. The number of hydrogen-bond acceptors (Lipinski definition) is 5. The standard InChI is InChI=1S/C15H18N4O2/c1-11-10-14(17-21-11)15(20)19-8-6-18(7-9-19)13-4-2-12(16)3-5-13/h2-5,10H,6-9,16H2,1H3. The van der Waals surface area contributed by atoms with Crippen LogP contribution in [0.2, 0.25) is 0 Å². The predicted molar refractivity (Wildman–Crippen MR) is 80.2 cm³/mol. The van der Waals surface area contributed by atoms with Gasteiger partial charge in [-0.05, 0) is 31.2 Å². The smallest absolute Gasteiger partial charge is 0.276 e. The van der Waals surface area contributed by atoms with Crippen LogP contribution in [0.3, 0.4) is 0 Å². The normalized spacial score (nSPS) is 15.3. The van der Waals surface area contributed by atoms with Crippen molar-refractivity contribution in [3.63, 3.8) is 0 Å². The summed E-state index contributed by atoms with van der Waals surface area (Å²) in [7, 11) is 0. The lowest BCUT2D eigenvalue weighted by Gasteiger charge is -2.35. The van der Waals surface area contributed by atoms with Crippen LogP contribution in [-0.4, -0.2) is 42.1 Å². The Kier molecular flexibility index (Phi) is 3.51. The molecule has 1 aliphatic rings. The van der Waals surface area contributed by atoms with Gasteiger partial charge in [-0.15, -0.1) is 0 Å². The molecule has 0 unspecified atom stereocenters. The number of nitrogens with zero attached hydrogens (tertiary/aromatic N) is 3. The van der Waals surface area contributed by atoms with Gasteiger partial charge >= 0.3 is 0 Å². The van der Waals surface area contributed by atoms with E-state index in [4.69, 9.17) is 10.3 Å². The van der Waals surface area contributed by atoms with E-state index in [9.17, 15) is 4.79 Å². The number of aromatic nitrogens is 1. The van der Waals surface area contributed by atoms with Gasteiger partial charge in [0.05, 0.1) is 0 Å². The summed E-state index contributed by atoms with van der Waals surface area (Å²) >= 11 is 0. The van der Waals surface area contributed by atoms with E-state index in [2.05, 4.69) is 10.1 Å². The first kappa shape index (κ1) is 13.5. The molecule has 2 N–H and O–H groups in total. The summed E-state index contributed by atoms with van der Waals surface area (Å²) in [4.78, 5) is 16.3. The quantitative estimate of drug-likeness (QED) is 0.847. The van der Waals surface area contributed by atoms with E-state index in [1.807, 2.05) is 29.2 Å². The second-order valence-corrected chi connectivity index (χ2v) is 5.19. The maximum Gasteiger partial charge on any atom is 0.276 e. The lowest BCUT2D eigenvalue weighted by molar-refractivity contribution is 0.0736. The number of nitrogens with two attached hydrogens (primary N) is 1. The van der Waals surface area contributed by atoms with Gasteiger partial charge in [0, 0.05) is 43.6 Å². The maximum absolute atomic E-state index is 12.3. The molecule has 0 spiro atoms. The molecule has 0 radical (unpaired) electrons. The molecular weight excluding hydrogens is 268 g/mol. The third-order valence-electron chi connectivity index (χ3n) is 3.67. The molecule has 6 heteroatoms. The fourth-order valence-corrected chi connectivity index (χ4v) is 2.48. The third-order valence-corrected chi connectivity index (χ3v) is 3.67. The van der Waals surface area contributed by atoms with E-state index in [1.165, 1.54) is 0 Å². The Morgan fingerprint density at radius 3 is 2.43 bits per heavy atom. The lowest BCUT2D eigenvalue weighted by Crippen LogP contribution is -2.48. The summed E-state index contributed by atoms with van der Waals surface area (Å²) < 4.78 is 4.96. The molecule has 1 aliphatic heterocycles. The average Bonchev–Trinajstić information content (AvgIpc) is 2.94. The molecule has 1 aromatic carbocycles. The third kappa shape index (κ3) is 2.84. The maximum atomic E-state index is 12.3. The number of nitrogen functional groups attached to an aromatic ring is 1. The van der Waals surface area contributed by atoms with Gasteiger partial charge < -0.3 is 20.1 Å². The summed E-state index contributed by atoms with van der Waals surface area (Å²) in [6.45, 7) is 4.73. The number of carbonyl (C=O) groups is 1. The minimum atomic E-state index is -0.0659. The fraction of sp³-hybridized carbons (Fsp3) is 0.333. The number of aryl methyl sites for hydroxylation is 1. The fourth-order valence-electron chi connectivity index (χ4n) is 2.48. The molecule has 1 aromatic heterocycles. The number of rotatable bonds is 2. The topological polar surface area (TPSA) is 75.6 Å². The Morgan fingerprint density at radius 2 is 1.86 bits per heavy atom. The monoisotopic (exact) mass is 286 g/mol. The van der Waals surface area contributed by atoms with Crippen molar-refractivity contribution >= 4 is 17.3 Å². The van der Waals surface area contributed by atoms with Crippen molar-refractivity contribution in [2.75, 3.05) is 36.8 Å². The Hall–Kier alpha value is -2.50. The first-order valence-electron chi connectivity index (χ1n) is 6.96. The van der Waals surface area contributed by atoms with E-state index in [1.54, 1.807) is 13.0 Å². The SMILES string of the molecule is Cc1cc(C(=O)N2CCN(c3ccc(N)cc3)CC2)no1. The molecule has 6 nitrogen and oxygen atoms in total. The van der Waals surface area contributed by atoms with Gasteiger partial charge in [-0.3, -0.25) is 4.79 Å². The van der Waals surface area contributed by atoms with Crippen LogP contribution in [-0.2, 0) is 0 Å². The Bertz CT molecular complexity index is 627. The van der Waals surface area contributed by atoms with Gasteiger partial charge in [-0.2, -0.15) is 0 Å². The van der Waals surface area contributed by atoms with Gasteiger partial charge in [0.2, 0.25) is 0 Å². The average molecular weight is 286 g/mol. The van der Waals surface area contributed by atoms with Gasteiger partial charge in [-0.1, -0.05) is 5.16 Å². The number of carbonyl (C=O) groups excluding carboxylic acids is 1. The predicted octanol–water partition coefficient (Wildman–Crippen LogP) is 1.53. The van der Waals surface area contributed by atoms with E-state index < -0.39 is 0 Å². The molecular formula is C15H18N4O2. The Balaban J connectivity index is 1.62. The minimum absolute atomic E-state index is 0.0659. The number of hydrogen-bond donors (Lipinski definition) is 1. The van der Waals surface area contributed by atoms with Gasteiger partial charge in [0.1, 0.15) is 5.76 Å². The van der Waals surface area contributed by atoms with Crippen molar-refractivity contribution < 1.29 is 9.32 Å². The highest BCUT2D eigenvalue weighted by molar-refractivity contribution is 5.92. The zero-order valence-electron chi connectivity index (χ0n) is 12.0. The molecule has 0 aliphatic carbocycles. The second kappa shape index (κ2) is 5.47. The molecule has 2 heterocycles. The highest BCUT2D eigenvalue weighted by Crippen LogP contribution is 2.18. The van der Waals surface area contributed by atoms with Crippen molar-refractivity contribution in [3.8, 4) is 0 Å². The van der Waals surface area contributed by atoms with Crippen LogP contribution in [0.4, 0.5) is 11.4 Å². The van der Waals surface area contributed by atoms with Crippen LogP contribution in [0.5, 0.6) is 0 Å². The highest BCUT2D eigenvalue weighted by atomic mass is 16.5. The molecule has 0 bridgehead atoms. The van der Waals surface area contributed by atoms with Crippen LogP contribution in [0.25, 0.3) is 0 Å². The van der Waals surface area contributed by atoms with Crippen LogP contribution >= 0.6 is 0 Å². The summed E-state index contributed by atoms with van der Waals surface area (Å²) in [5.41, 5.74) is 7.97. The van der Waals surface area contributed by atoms with E-state index in [0.717, 1.165) is 24.5 Å². The Labute approximate surface area is 123 Å². The van der Waals surface area contributed by atoms with E-state index >= 15 is 0 Å². The molecule has 2 aromatic rings. The molecule has 0 saturated carbocycles. The van der Waals surface area contributed by atoms with Crippen molar-refractivity contribution in [2.24, 2.45) is 0 Å². The Morgan fingerprint density at radius 1 is 1.19 bits per heavy atom. The number of amides is 1. The van der Waals surface area contributed by atoms with Crippen molar-refractivity contribution in [1.82, 2.24) is 10.1 Å². The molecule has 1 saturated heterocycles.